The van der Waals surface area contributed by atoms with Crippen LogP contribution in [0, 0.1) is 5.92 Å². The number of aliphatic hydroxyl groups is 1. The summed E-state index contributed by atoms with van der Waals surface area (Å²) in [5, 5.41) is 20.9. The van der Waals surface area contributed by atoms with E-state index in [9.17, 15) is 0 Å². The van der Waals surface area contributed by atoms with Crippen LogP contribution in [0.4, 0.5) is 0 Å². The van der Waals surface area contributed by atoms with Gasteiger partial charge in [0.25, 0.3) is 0 Å². The van der Waals surface area contributed by atoms with Gasteiger partial charge in [0.05, 0.1) is 5.71 Å². The van der Waals surface area contributed by atoms with E-state index in [1.165, 1.54) is 0 Å². The van der Waals surface area contributed by atoms with Crippen molar-refractivity contribution in [3.05, 3.63) is 0 Å². The second-order valence-electron chi connectivity index (χ2n) is 4.18. The molecule has 2 N–H and O–H groups in total. The van der Waals surface area contributed by atoms with Crippen molar-refractivity contribution in [3.63, 3.8) is 0 Å². The van der Waals surface area contributed by atoms with E-state index >= 15 is 0 Å². The molecule has 1 aliphatic rings. The van der Waals surface area contributed by atoms with Crippen LogP contribution in [0.25, 0.3) is 0 Å². The van der Waals surface area contributed by atoms with Crippen LogP contribution in [0.3, 0.4) is 0 Å². The second kappa shape index (κ2) is 6.80. The third-order valence-electron chi connectivity index (χ3n) is 3.14. The van der Waals surface area contributed by atoms with Gasteiger partial charge in [-0.25, -0.2) is 0 Å². The second-order valence-corrected chi connectivity index (χ2v) is 4.18. The fourth-order valence-corrected chi connectivity index (χ4v) is 2.13. The van der Waals surface area contributed by atoms with Gasteiger partial charge in [-0.05, 0) is 25.8 Å². The van der Waals surface area contributed by atoms with Crippen molar-refractivity contribution >= 4 is 5.71 Å². The predicted molar refractivity (Wildman–Crippen MR) is 60.4 cm³/mol. The van der Waals surface area contributed by atoms with Crippen LogP contribution in [0.1, 0.15) is 32.6 Å². The van der Waals surface area contributed by atoms with E-state index < -0.39 is 0 Å². The summed E-state index contributed by atoms with van der Waals surface area (Å²) in [6, 6.07) is 0. The molecule has 0 saturated carbocycles. The van der Waals surface area contributed by atoms with Crippen molar-refractivity contribution in [2.45, 2.75) is 32.6 Å². The van der Waals surface area contributed by atoms with E-state index in [2.05, 4.69) is 17.0 Å². The van der Waals surface area contributed by atoms with E-state index in [1.807, 2.05) is 0 Å². The fourth-order valence-electron chi connectivity index (χ4n) is 2.13. The number of likely N-dealkylation sites (tertiary alicyclic amines) is 1. The predicted octanol–water partition coefficient (Wildman–Crippen LogP) is 1.32. The highest BCUT2D eigenvalue weighted by atomic mass is 16.4. The van der Waals surface area contributed by atoms with Crippen molar-refractivity contribution in [3.8, 4) is 0 Å². The zero-order valence-corrected chi connectivity index (χ0v) is 9.52. The normalized spacial score (nSPS) is 26.0. The summed E-state index contributed by atoms with van der Waals surface area (Å²) in [6.45, 7) is 5.46. The van der Waals surface area contributed by atoms with E-state index in [4.69, 9.17) is 10.3 Å². The van der Waals surface area contributed by atoms with Gasteiger partial charge in [0.2, 0.25) is 0 Å². The molecule has 0 spiro atoms. The number of hydrogen-bond acceptors (Lipinski definition) is 4. The Hall–Kier alpha value is -0.610. The summed E-state index contributed by atoms with van der Waals surface area (Å²) in [6.07, 6.45) is 3.86. The van der Waals surface area contributed by atoms with Crippen LogP contribution in [0.15, 0.2) is 5.16 Å². The Bertz CT molecular complexity index is 207. The van der Waals surface area contributed by atoms with Crippen molar-refractivity contribution in [1.29, 1.82) is 0 Å². The molecule has 0 aromatic carbocycles. The monoisotopic (exact) mass is 214 g/mol. The average molecular weight is 214 g/mol. The summed E-state index contributed by atoms with van der Waals surface area (Å²) >= 11 is 0. The van der Waals surface area contributed by atoms with Gasteiger partial charge in [-0.2, -0.15) is 0 Å². The first kappa shape index (κ1) is 12.5. The summed E-state index contributed by atoms with van der Waals surface area (Å²) in [5.74, 6) is 0.415. The maximum atomic E-state index is 8.83. The Balaban J connectivity index is 2.32. The number of rotatable bonds is 5. The molecular weight excluding hydrogens is 192 g/mol. The molecule has 1 aliphatic heterocycles. The minimum Gasteiger partial charge on any atom is -0.411 e. The van der Waals surface area contributed by atoms with Gasteiger partial charge in [-0.3, -0.25) is 0 Å². The molecule has 1 unspecified atom stereocenters. The quantitative estimate of drug-likeness (QED) is 0.412. The molecule has 0 radical (unpaired) electrons. The lowest BCUT2D eigenvalue weighted by molar-refractivity contribution is 0.212. The summed E-state index contributed by atoms with van der Waals surface area (Å²) in [7, 11) is 0. The lowest BCUT2D eigenvalue weighted by atomic mass is 9.93. The molecule has 1 saturated heterocycles. The lowest BCUT2D eigenvalue weighted by Gasteiger charge is -2.32. The molecular formula is C11H22N2O2. The highest BCUT2D eigenvalue weighted by molar-refractivity contribution is 5.87. The SMILES string of the molecule is CCC1CN(CCCCO)CCC1=NO. The van der Waals surface area contributed by atoms with E-state index in [-0.39, 0.29) is 6.61 Å². The van der Waals surface area contributed by atoms with Crippen LogP contribution in [0.5, 0.6) is 0 Å². The highest BCUT2D eigenvalue weighted by Crippen LogP contribution is 2.17. The first-order valence-electron chi connectivity index (χ1n) is 5.85. The molecule has 1 atom stereocenters. The third kappa shape index (κ3) is 3.80. The Morgan fingerprint density at radius 1 is 1.47 bits per heavy atom. The first-order valence-corrected chi connectivity index (χ1v) is 5.85. The van der Waals surface area contributed by atoms with E-state index in [1.54, 1.807) is 0 Å². The molecule has 4 heteroatoms. The van der Waals surface area contributed by atoms with Crippen LogP contribution in [-0.4, -0.2) is 47.2 Å². The number of oxime groups is 1. The molecule has 0 aliphatic carbocycles. The van der Waals surface area contributed by atoms with Gasteiger partial charge in [0.1, 0.15) is 0 Å². The summed E-state index contributed by atoms with van der Waals surface area (Å²) in [4.78, 5) is 2.40. The average Bonchev–Trinajstić information content (AvgIpc) is 2.29. The lowest BCUT2D eigenvalue weighted by Crippen LogP contribution is -2.41. The first-order chi connectivity index (χ1) is 7.31. The fraction of sp³-hybridized carbons (Fsp3) is 0.909. The van der Waals surface area contributed by atoms with Crippen LogP contribution in [0.2, 0.25) is 0 Å². The van der Waals surface area contributed by atoms with Crippen molar-refractivity contribution in [2.24, 2.45) is 11.1 Å². The zero-order chi connectivity index (χ0) is 11.1. The van der Waals surface area contributed by atoms with Crippen molar-refractivity contribution in [2.75, 3.05) is 26.2 Å². The Morgan fingerprint density at radius 3 is 2.87 bits per heavy atom. The Morgan fingerprint density at radius 2 is 2.27 bits per heavy atom. The number of hydrogen-bond donors (Lipinski definition) is 2. The van der Waals surface area contributed by atoms with Gasteiger partial charge in [-0.15, -0.1) is 0 Å². The van der Waals surface area contributed by atoms with Crippen LogP contribution in [-0.2, 0) is 0 Å². The molecule has 15 heavy (non-hydrogen) atoms. The molecule has 1 heterocycles. The number of unbranched alkanes of at least 4 members (excludes halogenated alkanes) is 1. The van der Waals surface area contributed by atoms with Gasteiger partial charge in [-0.1, -0.05) is 12.1 Å². The molecule has 0 amide bonds. The molecule has 1 rings (SSSR count). The molecule has 88 valence electrons. The Labute approximate surface area is 91.6 Å². The molecule has 1 fully saturated rings. The number of piperidine rings is 1. The van der Waals surface area contributed by atoms with Crippen molar-refractivity contribution < 1.29 is 10.3 Å². The smallest absolute Gasteiger partial charge is 0.0627 e. The molecule has 0 aromatic rings. The summed E-state index contributed by atoms with van der Waals surface area (Å²) < 4.78 is 0. The summed E-state index contributed by atoms with van der Waals surface area (Å²) in [5.41, 5.74) is 0.955. The molecule has 4 nitrogen and oxygen atoms in total. The number of aliphatic hydroxyl groups excluding tert-OH is 1. The maximum absolute atomic E-state index is 8.83. The van der Waals surface area contributed by atoms with E-state index in [0.29, 0.717) is 5.92 Å². The van der Waals surface area contributed by atoms with Crippen LogP contribution >= 0.6 is 0 Å². The zero-order valence-electron chi connectivity index (χ0n) is 9.52. The minimum absolute atomic E-state index is 0.286. The van der Waals surface area contributed by atoms with Gasteiger partial charge >= 0.3 is 0 Å². The number of nitrogens with zero attached hydrogens (tertiary/aromatic N) is 2. The molecule has 0 aromatic heterocycles. The van der Waals surface area contributed by atoms with Crippen LogP contribution < -0.4 is 0 Å². The van der Waals surface area contributed by atoms with Gasteiger partial charge in [0.15, 0.2) is 0 Å². The van der Waals surface area contributed by atoms with Gasteiger partial charge < -0.3 is 15.2 Å². The molecule has 0 bridgehead atoms. The minimum atomic E-state index is 0.286. The maximum Gasteiger partial charge on any atom is 0.0627 e. The highest BCUT2D eigenvalue weighted by Gasteiger charge is 2.23. The third-order valence-corrected chi connectivity index (χ3v) is 3.14. The van der Waals surface area contributed by atoms with E-state index in [0.717, 1.165) is 51.0 Å². The standard InChI is InChI=1S/C11H22N2O2/c1-2-10-9-13(6-3-4-8-14)7-5-11(10)12-15/h10,14-15H,2-9H2,1H3. The topological polar surface area (TPSA) is 56.1 Å². The van der Waals surface area contributed by atoms with Gasteiger partial charge in [0, 0.05) is 32.0 Å². The largest absolute Gasteiger partial charge is 0.411 e. The Kier molecular flexibility index (Phi) is 5.65. The van der Waals surface area contributed by atoms with Crippen molar-refractivity contribution in [1.82, 2.24) is 4.90 Å².